The molecule has 0 spiro atoms. The molecule has 2 aromatic rings. The van der Waals surface area contributed by atoms with Crippen molar-refractivity contribution in [3.05, 3.63) is 60.7 Å². The van der Waals surface area contributed by atoms with E-state index in [2.05, 4.69) is 24.0 Å². The molecule has 2 rings (SSSR count). The van der Waals surface area contributed by atoms with E-state index in [1.54, 1.807) is 0 Å². The average Bonchev–Trinajstić information content (AvgIpc) is 2.43. The molecule has 0 unspecified atom stereocenters. The third-order valence-electron chi connectivity index (χ3n) is 3.15. The van der Waals surface area contributed by atoms with Crippen LogP contribution in [0, 0.1) is 0 Å². The van der Waals surface area contributed by atoms with Crippen LogP contribution in [0.4, 0.5) is 0 Å². The lowest BCUT2D eigenvalue weighted by Crippen LogP contribution is -2.28. The fraction of sp³-hybridized carbons (Fsp3) is 0.250. The Kier molecular flexibility index (Phi) is 4.13. The van der Waals surface area contributed by atoms with Crippen LogP contribution in [0.25, 0.3) is 10.8 Å². The second-order valence-corrected chi connectivity index (χ2v) is 4.56. The number of hydrogen-bond donors (Lipinski definition) is 2. The van der Waals surface area contributed by atoms with Crippen LogP contribution < -0.4 is 5.32 Å². The Labute approximate surface area is 108 Å². The van der Waals surface area contributed by atoms with Gasteiger partial charge >= 0.3 is 0 Å². The predicted molar refractivity (Wildman–Crippen MR) is 76.6 cm³/mol. The molecule has 2 nitrogen and oxygen atoms in total. The van der Waals surface area contributed by atoms with Crippen molar-refractivity contribution < 1.29 is 5.11 Å². The van der Waals surface area contributed by atoms with Crippen molar-refractivity contribution in [2.75, 3.05) is 6.54 Å². The fourth-order valence-electron chi connectivity index (χ4n) is 1.91. The summed E-state index contributed by atoms with van der Waals surface area (Å²) in [6.07, 6.45) is 1.34. The molecule has 2 N–H and O–H groups in total. The van der Waals surface area contributed by atoms with Gasteiger partial charge in [0, 0.05) is 12.6 Å². The summed E-state index contributed by atoms with van der Waals surface area (Å²) in [4.78, 5) is 0. The molecule has 0 aromatic heterocycles. The lowest BCUT2D eigenvalue weighted by molar-refractivity contribution is 0.173. The van der Waals surface area contributed by atoms with Crippen LogP contribution in [-0.2, 0) is 0 Å². The van der Waals surface area contributed by atoms with Gasteiger partial charge in [-0.2, -0.15) is 0 Å². The molecule has 0 amide bonds. The second kappa shape index (κ2) is 5.80. The van der Waals surface area contributed by atoms with Gasteiger partial charge in [-0.3, -0.25) is 0 Å². The number of benzene rings is 2. The highest BCUT2D eigenvalue weighted by Crippen LogP contribution is 2.20. The summed E-state index contributed by atoms with van der Waals surface area (Å²) in [5.41, 5.74) is 0.942. The summed E-state index contributed by atoms with van der Waals surface area (Å²) in [6, 6.07) is 14.4. The third-order valence-corrected chi connectivity index (χ3v) is 3.15. The standard InChI is InChI=1S/C16H19NO/c1-3-12(2)17-11-16(18)15-9-8-13-6-4-5-7-14(13)10-15/h3-10,12,16-18H,1,11H2,2H3/t12-,16-/m0/s1. The van der Waals surface area contributed by atoms with Gasteiger partial charge < -0.3 is 10.4 Å². The first kappa shape index (κ1) is 12.8. The first-order valence-electron chi connectivity index (χ1n) is 6.23. The maximum Gasteiger partial charge on any atom is 0.0914 e. The summed E-state index contributed by atoms with van der Waals surface area (Å²) in [5.74, 6) is 0. The summed E-state index contributed by atoms with van der Waals surface area (Å²) in [6.45, 7) is 6.26. The Morgan fingerprint density at radius 1 is 1.22 bits per heavy atom. The molecule has 2 atom stereocenters. The van der Waals surface area contributed by atoms with E-state index in [-0.39, 0.29) is 6.04 Å². The van der Waals surface area contributed by atoms with Gasteiger partial charge in [0.05, 0.1) is 6.10 Å². The SMILES string of the molecule is C=C[C@H](C)NC[C@H](O)c1ccc2ccccc2c1. The Hall–Kier alpha value is -1.64. The second-order valence-electron chi connectivity index (χ2n) is 4.56. The van der Waals surface area contributed by atoms with Crippen molar-refractivity contribution >= 4 is 10.8 Å². The molecular formula is C16H19NO. The molecular weight excluding hydrogens is 222 g/mol. The highest BCUT2D eigenvalue weighted by atomic mass is 16.3. The van der Waals surface area contributed by atoms with Gasteiger partial charge in [-0.25, -0.2) is 0 Å². The molecule has 0 saturated heterocycles. The zero-order chi connectivity index (χ0) is 13.0. The van der Waals surface area contributed by atoms with Crippen LogP contribution in [0.2, 0.25) is 0 Å². The van der Waals surface area contributed by atoms with E-state index in [4.69, 9.17) is 0 Å². The molecule has 94 valence electrons. The van der Waals surface area contributed by atoms with Gasteiger partial charge in [-0.1, -0.05) is 42.5 Å². The highest BCUT2D eigenvalue weighted by molar-refractivity contribution is 5.83. The van der Waals surface area contributed by atoms with Crippen molar-refractivity contribution in [1.82, 2.24) is 5.32 Å². The van der Waals surface area contributed by atoms with Crippen LogP contribution in [-0.4, -0.2) is 17.7 Å². The molecule has 0 aliphatic carbocycles. The zero-order valence-corrected chi connectivity index (χ0v) is 10.6. The monoisotopic (exact) mass is 241 g/mol. The van der Waals surface area contributed by atoms with Gasteiger partial charge in [0.1, 0.15) is 0 Å². The molecule has 0 bridgehead atoms. The zero-order valence-electron chi connectivity index (χ0n) is 10.6. The van der Waals surface area contributed by atoms with Gasteiger partial charge in [0.2, 0.25) is 0 Å². The van der Waals surface area contributed by atoms with Crippen LogP contribution >= 0.6 is 0 Å². The first-order chi connectivity index (χ1) is 8.70. The quantitative estimate of drug-likeness (QED) is 0.789. The molecule has 0 fully saturated rings. The average molecular weight is 241 g/mol. The smallest absolute Gasteiger partial charge is 0.0914 e. The summed E-state index contributed by atoms with van der Waals surface area (Å²) >= 11 is 0. The number of hydrogen-bond acceptors (Lipinski definition) is 2. The Morgan fingerprint density at radius 2 is 1.94 bits per heavy atom. The van der Waals surface area contributed by atoms with E-state index in [1.165, 1.54) is 5.39 Å². The maximum absolute atomic E-state index is 10.1. The number of rotatable bonds is 5. The Bertz CT molecular complexity index is 535. The van der Waals surface area contributed by atoms with Gasteiger partial charge in [-0.05, 0) is 29.3 Å². The van der Waals surface area contributed by atoms with Gasteiger partial charge in [-0.15, -0.1) is 6.58 Å². The molecule has 2 heteroatoms. The molecule has 0 heterocycles. The number of nitrogens with one attached hydrogen (secondary N) is 1. The first-order valence-corrected chi connectivity index (χ1v) is 6.23. The number of aliphatic hydroxyl groups excluding tert-OH is 1. The topological polar surface area (TPSA) is 32.3 Å². The van der Waals surface area contributed by atoms with E-state index in [0.29, 0.717) is 6.54 Å². The van der Waals surface area contributed by atoms with E-state index < -0.39 is 6.10 Å². The minimum Gasteiger partial charge on any atom is -0.387 e. The normalized spacial score (nSPS) is 14.3. The van der Waals surface area contributed by atoms with Crippen molar-refractivity contribution in [3.8, 4) is 0 Å². The van der Waals surface area contributed by atoms with Gasteiger partial charge in [0.25, 0.3) is 0 Å². The van der Waals surface area contributed by atoms with E-state index in [9.17, 15) is 5.11 Å². The molecule has 0 aliphatic heterocycles. The van der Waals surface area contributed by atoms with E-state index >= 15 is 0 Å². The van der Waals surface area contributed by atoms with Crippen molar-refractivity contribution in [2.24, 2.45) is 0 Å². The summed E-state index contributed by atoms with van der Waals surface area (Å²) in [5, 5.41) is 15.7. The highest BCUT2D eigenvalue weighted by Gasteiger charge is 2.08. The molecule has 18 heavy (non-hydrogen) atoms. The minimum absolute atomic E-state index is 0.208. The third kappa shape index (κ3) is 2.97. The van der Waals surface area contributed by atoms with Gasteiger partial charge in [0.15, 0.2) is 0 Å². The van der Waals surface area contributed by atoms with Crippen molar-refractivity contribution in [2.45, 2.75) is 19.1 Å². The number of aliphatic hydroxyl groups is 1. The number of fused-ring (bicyclic) bond motifs is 1. The lowest BCUT2D eigenvalue weighted by atomic mass is 10.0. The Morgan fingerprint density at radius 3 is 2.67 bits per heavy atom. The summed E-state index contributed by atoms with van der Waals surface area (Å²) in [7, 11) is 0. The lowest BCUT2D eigenvalue weighted by Gasteiger charge is -2.15. The molecule has 0 saturated carbocycles. The minimum atomic E-state index is -0.489. The van der Waals surface area contributed by atoms with E-state index in [0.717, 1.165) is 10.9 Å². The maximum atomic E-state index is 10.1. The fourth-order valence-corrected chi connectivity index (χ4v) is 1.91. The van der Waals surface area contributed by atoms with Crippen LogP contribution in [0.5, 0.6) is 0 Å². The largest absolute Gasteiger partial charge is 0.387 e. The Balaban J connectivity index is 2.12. The summed E-state index contributed by atoms with van der Waals surface area (Å²) < 4.78 is 0. The van der Waals surface area contributed by atoms with Crippen molar-refractivity contribution in [3.63, 3.8) is 0 Å². The van der Waals surface area contributed by atoms with Crippen LogP contribution in [0.1, 0.15) is 18.6 Å². The molecule has 0 aliphatic rings. The predicted octanol–water partition coefficient (Wildman–Crippen LogP) is 3.04. The van der Waals surface area contributed by atoms with Crippen molar-refractivity contribution in [1.29, 1.82) is 0 Å². The van der Waals surface area contributed by atoms with E-state index in [1.807, 2.05) is 43.3 Å². The van der Waals surface area contributed by atoms with Crippen LogP contribution in [0.3, 0.4) is 0 Å². The molecule has 0 radical (unpaired) electrons. The van der Waals surface area contributed by atoms with Crippen LogP contribution in [0.15, 0.2) is 55.1 Å². The molecule has 2 aromatic carbocycles.